The molecule has 0 spiro atoms. The van der Waals surface area contributed by atoms with Crippen molar-refractivity contribution in [1.29, 1.82) is 0 Å². The van der Waals surface area contributed by atoms with E-state index in [0.29, 0.717) is 10.4 Å². The summed E-state index contributed by atoms with van der Waals surface area (Å²) >= 11 is 1.25. The lowest BCUT2D eigenvalue weighted by Gasteiger charge is -2.32. The Morgan fingerprint density at radius 3 is 1.87 bits per heavy atom. The second-order valence-electron chi connectivity index (χ2n) is 9.21. The van der Waals surface area contributed by atoms with Gasteiger partial charge in [0.2, 0.25) is 0 Å². The monoisotopic (exact) mass is 434 g/mol. The fourth-order valence-corrected chi connectivity index (χ4v) is 3.72. The van der Waals surface area contributed by atoms with Crippen molar-refractivity contribution < 1.29 is 28.6 Å². The van der Waals surface area contributed by atoms with Crippen molar-refractivity contribution in [3.05, 3.63) is 34.7 Å². The van der Waals surface area contributed by atoms with Crippen LogP contribution in [0.1, 0.15) is 70.6 Å². The maximum atomic E-state index is 13.1. The summed E-state index contributed by atoms with van der Waals surface area (Å²) in [5.74, 6) is -1.78. The molecule has 6 nitrogen and oxygen atoms in total. The molecular formula is C23H30O6S. The van der Waals surface area contributed by atoms with Gasteiger partial charge in [-0.1, -0.05) is 12.1 Å². The van der Waals surface area contributed by atoms with E-state index in [9.17, 15) is 14.4 Å². The molecule has 0 aliphatic rings. The van der Waals surface area contributed by atoms with Crippen molar-refractivity contribution in [1.82, 2.24) is 0 Å². The molecule has 0 N–H and O–H groups in total. The quantitative estimate of drug-likeness (QED) is 0.374. The summed E-state index contributed by atoms with van der Waals surface area (Å²) < 4.78 is 17.0. The van der Waals surface area contributed by atoms with Crippen LogP contribution in [0, 0.1) is 0 Å². The molecule has 1 heterocycles. The molecule has 0 atom stereocenters. The highest BCUT2D eigenvalue weighted by Gasteiger charge is 2.48. The van der Waals surface area contributed by atoms with Gasteiger partial charge in [0.25, 0.3) is 0 Å². The molecule has 0 amide bonds. The molecule has 0 aliphatic heterocycles. The van der Waals surface area contributed by atoms with Gasteiger partial charge in [-0.05, 0) is 78.5 Å². The first-order valence-electron chi connectivity index (χ1n) is 9.85. The molecule has 0 saturated carbocycles. The van der Waals surface area contributed by atoms with Crippen molar-refractivity contribution in [3.8, 4) is 0 Å². The van der Waals surface area contributed by atoms with E-state index in [2.05, 4.69) is 0 Å². The Labute approximate surface area is 181 Å². The highest BCUT2D eigenvalue weighted by molar-refractivity contribution is 7.20. The minimum Gasteiger partial charge on any atom is -0.462 e. The van der Waals surface area contributed by atoms with Gasteiger partial charge in [-0.2, -0.15) is 0 Å². The molecule has 0 bridgehead atoms. The van der Waals surface area contributed by atoms with E-state index < -0.39 is 34.5 Å². The number of hydrogen-bond donors (Lipinski definition) is 0. The molecule has 2 rings (SSSR count). The van der Waals surface area contributed by atoms with E-state index in [1.54, 1.807) is 72.7 Å². The second-order valence-corrected chi connectivity index (χ2v) is 10.3. The van der Waals surface area contributed by atoms with Crippen molar-refractivity contribution in [3.63, 3.8) is 0 Å². The van der Waals surface area contributed by atoms with Gasteiger partial charge in [0.15, 0.2) is 5.41 Å². The van der Waals surface area contributed by atoms with Gasteiger partial charge in [-0.15, -0.1) is 11.3 Å². The smallest absolute Gasteiger partial charge is 0.348 e. The minimum atomic E-state index is -1.66. The third-order valence-electron chi connectivity index (χ3n) is 4.19. The standard InChI is InChI=1S/C23H30O6S/c1-9-27-18(24)17-12-14-10-11-15(13-16(14)30-17)23(8,19(25)28-21(2,3)4)20(26)29-22(5,6)7/h10-13H,9H2,1-8H3. The number of rotatable bonds is 5. The Kier molecular flexibility index (Phi) is 6.66. The predicted octanol–water partition coefficient (Wildman–Crippen LogP) is 5.02. The molecule has 2 aromatic rings. The van der Waals surface area contributed by atoms with E-state index in [-0.39, 0.29) is 6.61 Å². The van der Waals surface area contributed by atoms with Crippen LogP contribution >= 0.6 is 11.3 Å². The number of carbonyl (C=O) groups excluding carboxylic acids is 3. The number of hydrogen-bond acceptors (Lipinski definition) is 7. The van der Waals surface area contributed by atoms with E-state index in [1.165, 1.54) is 18.3 Å². The van der Waals surface area contributed by atoms with E-state index in [0.717, 1.165) is 10.1 Å². The minimum absolute atomic E-state index is 0.285. The lowest BCUT2D eigenvalue weighted by atomic mass is 9.81. The van der Waals surface area contributed by atoms with Crippen molar-refractivity contribution in [2.75, 3.05) is 6.61 Å². The average molecular weight is 435 g/mol. The number of thiophene rings is 1. The van der Waals surface area contributed by atoms with Gasteiger partial charge >= 0.3 is 17.9 Å². The molecule has 0 saturated heterocycles. The molecule has 7 heteroatoms. The maximum absolute atomic E-state index is 13.1. The van der Waals surface area contributed by atoms with Crippen molar-refractivity contribution in [2.24, 2.45) is 0 Å². The summed E-state index contributed by atoms with van der Waals surface area (Å²) in [4.78, 5) is 38.8. The predicted molar refractivity (Wildman–Crippen MR) is 117 cm³/mol. The first-order valence-corrected chi connectivity index (χ1v) is 10.7. The summed E-state index contributed by atoms with van der Waals surface area (Å²) in [5.41, 5.74) is -2.77. The van der Waals surface area contributed by atoms with Gasteiger partial charge in [0.05, 0.1) is 6.61 Å². The van der Waals surface area contributed by atoms with Crippen LogP contribution in [0.4, 0.5) is 0 Å². The fraction of sp³-hybridized carbons (Fsp3) is 0.522. The Morgan fingerprint density at radius 1 is 0.867 bits per heavy atom. The molecular weight excluding hydrogens is 404 g/mol. The van der Waals surface area contributed by atoms with Crippen LogP contribution in [0.2, 0.25) is 0 Å². The van der Waals surface area contributed by atoms with Crippen LogP contribution in [-0.4, -0.2) is 35.7 Å². The summed E-state index contributed by atoms with van der Waals surface area (Å²) in [6.07, 6.45) is 0. The second kappa shape index (κ2) is 8.38. The average Bonchev–Trinajstić information content (AvgIpc) is 3.01. The van der Waals surface area contributed by atoms with Crippen molar-refractivity contribution >= 4 is 39.3 Å². The Hall–Kier alpha value is -2.41. The van der Waals surface area contributed by atoms with Crippen LogP contribution in [0.25, 0.3) is 10.1 Å². The molecule has 0 fully saturated rings. The topological polar surface area (TPSA) is 78.9 Å². The molecule has 30 heavy (non-hydrogen) atoms. The Balaban J connectivity index is 2.56. The first-order chi connectivity index (χ1) is 13.7. The van der Waals surface area contributed by atoms with Crippen LogP contribution in [0.15, 0.2) is 24.3 Å². The van der Waals surface area contributed by atoms with Crippen LogP contribution < -0.4 is 0 Å². The zero-order valence-electron chi connectivity index (χ0n) is 18.9. The molecule has 164 valence electrons. The summed E-state index contributed by atoms with van der Waals surface area (Å²) in [6.45, 7) is 14.0. The number of ether oxygens (including phenoxy) is 3. The fourth-order valence-electron chi connectivity index (χ4n) is 2.72. The SMILES string of the molecule is CCOC(=O)c1cc2ccc(C(C)(C(=O)OC(C)(C)C)C(=O)OC(C)(C)C)cc2s1. The third kappa shape index (κ3) is 5.39. The van der Waals surface area contributed by atoms with Crippen LogP contribution in [-0.2, 0) is 29.2 Å². The van der Waals surface area contributed by atoms with Gasteiger partial charge in [-0.3, -0.25) is 9.59 Å². The van der Waals surface area contributed by atoms with Crippen molar-refractivity contribution in [2.45, 2.75) is 72.0 Å². The molecule has 1 aromatic heterocycles. The van der Waals surface area contributed by atoms with Gasteiger partial charge in [0, 0.05) is 4.70 Å². The number of benzene rings is 1. The highest BCUT2D eigenvalue weighted by Crippen LogP contribution is 2.35. The van der Waals surface area contributed by atoms with E-state index in [4.69, 9.17) is 14.2 Å². The summed E-state index contributed by atoms with van der Waals surface area (Å²) in [5, 5.41) is 0.822. The zero-order chi connectivity index (χ0) is 22.9. The van der Waals surface area contributed by atoms with Crippen LogP contribution in [0.5, 0.6) is 0 Å². The van der Waals surface area contributed by atoms with E-state index in [1.807, 2.05) is 0 Å². The molecule has 0 unspecified atom stereocenters. The number of fused-ring (bicyclic) bond motifs is 1. The summed E-state index contributed by atoms with van der Waals surface area (Å²) in [7, 11) is 0. The number of esters is 3. The zero-order valence-corrected chi connectivity index (χ0v) is 19.7. The Bertz CT molecular complexity index is 930. The Morgan fingerprint density at radius 2 is 1.40 bits per heavy atom. The first kappa shape index (κ1) is 23.9. The summed E-state index contributed by atoms with van der Waals surface area (Å²) in [6, 6.07) is 6.94. The largest absolute Gasteiger partial charge is 0.462 e. The third-order valence-corrected chi connectivity index (χ3v) is 5.27. The lowest BCUT2D eigenvalue weighted by molar-refractivity contribution is -0.176. The number of carbonyl (C=O) groups is 3. The molecule has 0 radical (unpaired) electrons. The maximum Gasteiger partial charge on any atom is 0.348 e. The normalized spacial score (nSPS) is 12.5. The van der Waals surface area contributed by atoms with Gasteiger partial charge in [-0.25, -0.2) is 4.79 Å². The molecule has 0 aliphatic carbocycles. The van der Waals surface area contributed by atoms with Crippen LogP contribution in [0.3, 0.4) is 0 Å². The lowest BCUT2D eigenvalue weighted by Crippen LogP contribution is -2.48. The van der Waals surface area contributed by atoms with Gasteiger partial charge < -0.3 is 14.2 Å². The van der Waals surface area contributed by atoms with Gasteiger partial charge in [0.1, 0.15) is 16.1 Å². The highest BCUT2D eigenvalue weighted by atomic mass is 32.1. The van der Waals surface area contributed by atoms with E-state index >= 15 is 0 Å². The molecule has 1 aromatic carbocycles.